The zero-order valence-corrected chi connectivity index (χ0v) is 20.1. The number of nitrogens with zero attached hydrogens (tertiary/aromatic N) is 3. The molecule has 2 heterocycles. The Hall–Kier alpha value is -3.97. The maximum Gasteiger partial charge on any atom is 0.327 e. The molecule has 0 spiro atoms. The highest BCUT2D eigenvalue weighted by Gasteiger charge is 2.36. The first kappa shape index (κ1) is 22.8. The van der Waals surface area contributed by atoms with E-state index in [1.165, 1.54) is 11.0 Å². The van der Waals surface area contributed by atoms with E-state index in [0.29, 0.717) is 33.4 Å². The third-order valence-electron chi connectivity index (χ3n) is 6.05. The van der Waals surface area contributed by atoms with Gasteiger partial charge in [-0.15, -0.1) is 0 Å². The Morgan fingerprint density at radius 1 is 1.03 bits per heavy atom. The van der Waals surface area contributed by atoms with E-state index >= 15 is 0 Å². The number of halogens is 2. The van der Waals surface area contributed by atoms with Crippen LogP contribution in [0.3, 0.4) is 0 Å². The summed E-state index contributed by atoms with van der Waals surface area (Å²) in [5.74, 6) is 0.275. The van der Waals surface area contributed by atoms with Gasteiger partial charge in [-0.25, -0.2) is 9.18 Å². The van der Waals surface area contributed by atoms with Crippen LogP contribution in [-0.4, -0.2) is 16.2 Å². The quantitative estimate of drug-likeness (QED) is 0.341. The lowest BCUT2D eigenvalue weighted by Crippen LogP contribution is -2.46. The van der Waals surface area contributed by atoms with Gasteiger partial charge in [-0.1, -0.05) is 64.8 Å². The summed E-state index contributed by atoms with van der Waals surface area (Å²) in [6.45, 7) is 5.45. The summed E-state index contributed by atoms with van der Waals surface area (Å²) in [7, 11) is 0. The minimum atomic E-state index is -0.598. The minimum absolute atomic E-state index is 0.251. The Kier molecular flexibility index (Phi) is 5.86. The lowest BCUT2D eigenvalue weighted by Gasteiger charge is -2.35. The number of urea groups is 1. The monoisotopic (exact) mass is 488 g/mol. The smallest absolute Gasteiger partial charge is 0.327 e. The van der Waals surface area contributed by atoms with Crippen molar-refractivity contribution in [3.05, 3.63) is 106 Å². The molecule has 1 unspecified atom stereocenters. The molecule has 35 heavy (non-hydrogen) atoms. The number of aromatic nitrogens is 2. The second-order valence-electron chi connectivity index (χ2n) is 8.49. The molecule has 0 saturated carbocycles. The fourth-order valence-corrected chi connectivity index (χ4v) is 4.34. The van der Waals surface area contributed by atoms with E-state index in [-0.39, 0.29) is 5.89 Å². The molecule has 0 bridgehead atoms. The maximum absolute atomic E-state index is 14.4. The van der Waals surface area contributed by atoms with E-state index in [1.54, 1.807) is 38.1 Å². The molecule has 8 heteroatoms. The van der Waals surface area contributed by atoms with Crippen LogP contribution in [0.1, 0.15) is 35.5 Å². The number of benzene rings is 3. The van der Waals surface area contributed by atoms with Gasteiger partial charge in [-0.2, -0.15) is 4.98 Å². The molecule has 0 fully saturated rings. The molecule has 2 amide bonds. The van der Waals surface area contributed by atoms with Crippen LogP contribution in [-0.2, 0) is 0 Å². The highest BCUT2D eigenvalue weighted by molar-refractivity contribution is 6.30. The van der Waals surface area contributed by atoms with Crippen LogP contribution >= 0.6 is 11.6 Å². The van der Waals surface area contributed by atoms with Crippen LogP contribution in [0, 0.1) is 19.7 Å². The van der Waals surface area contributed by atoms with Gasteiger partial charge in [-0.05, 0) is 56.2 Å². The number of amides is 2. The van der Waals surface area contributed by atoms with Gasteiger partial charge in [0.1, 0.15) is 5.82 Å². The standard InChI is InChI=1S/C27H22ClFN4O2/c1-15-7-10-18(11-8-15)25-31-26(35-32-25)23-17(3)33(21-12-9-16(2)22(29)14-21)27(34)30-24(23)19-5-4-6-20(28)13-19/h4-14,24H,1-3H3,(H,30,34). The number of allylic oxidation sites excluding steroid dienone is 1. The zero-order valence-electron chi connectivity index (χ0n) is 19.3. The number of carbonyl (C=O) groups is 1. The number of aryl methyl sites for hydroxylation is 2. The van der Waals surface area contributed by atoms with Crippen molar-refractivity contribution in [1.82, 2.24) is 15.5 Å². The fraction of sp³-hybridized carbons (Fsp3) is 0.148. The van der Waals surface area contributed by atoms with E-state index in [2.05, 4.69) is 15.5 Å². The van der Waals surface area contributed by atoms with Gasteiger partial charge in [0.05, 0.1) is 17.3 Å². The highest BCUT2D eigenvalue weighted by atomic mass is 35.5. The fourth-order valence-electron chi connectivity index (χ4n) is 4.14. The molecule has 0 aliphatic carbocycles. The molecule has 4 aromatic rings. The molecule has 0 radical (unpaired) electrons. The number of hydrogen-bond donors (Lipinski definition) is 1. The van der Waals surface area contributed by atoms with Crippen LogP contribution in [0.25, 0.3) is 17.0 Å². The number of rotatable bonds is 4. The SMILES string of the molecule is CC1=C(c2nc(-c3ccc(C)cc3)no2)C(c2cccc(Cl)c2)NC(=O)N1c1ccc(C)c(F)c1. The number of carbonyl (C=O) groups excluding carboxylic acids is 1. The third kappa shape index (κ3) is 4.31. The van der Waals surface area contributed by atoms with E-state index in [1.807, 2.05) is 43.3 Å². The van der Waals surface area contributed by atoms with Crippen molar-refractivity contribution >= 4 is 28.9 Å². The first-order valence-electron chi connectivity index (χ1n) is 11.1. The molecule has 1 aromatic heterocycles. The summed E-state index contributed by atoms with van der Waals surface area (Å²) in [6.07, 6.45) is 0. The van der Waals surface area contributed by atoms with Gasteiger partial charge in [0.25, 0.3) is 5.89 Å². The van der Waals surface area contributed by atoms with Crippen molar-refractivity contribution in [2.75, 3.05) is 4.90 Å². The lowest BCUT2D eigenvalue weighted by molar-refractivity contribution is 0.244. The summed E-state index contributed by atoms with van der Waals surface area (Å²) in [6, 6.07) is 18.7. The van der Waals surface area contributed by atoms with Crippen LogP contribution in [0.4, 0.5) is 14.9 Å². The first-order valence-corrected chi connectivity index (χ1v) is 11.4. The maximum atomic E-state index is 14.4. The number of anilines is 1. The second-order valence-corrected chi connectivity index (χ2v) is 8.93. The molecule has 5 rings (SSSR count). The van der Waals surface area contributed by atoms with Crippen LogP contribution in [0.15, 0.2) is 77.0 Å². The molecular weight excluding hydrogens is 467 g/mol. The minimum Gasteiger partial charge on any atom is -0.334 e. The Morgan fingerprint density at radius 3 is 2.51 bits per heavy atom. The highest BCUT2D eigenvalue weighted by Crippen LogP contribution is 2.39. The van der Waals surface area contributed by atoms with Crippen molar-refractivity contribution in [1.29, 1.82) is 0 Å². The summed E-state index contributed by atoms with van der Waals surface area (Å²) in [5.41, 5.74) is 4.70. The normalized spacial score (nSPS) is 16.0. The van der Waals surface area contributed by atoms with Crippen molar-refractivity contribution < 1.29 is 13.7 Å². The number of hydrogen-bond acceptors (Lipinski definition) is 4. The topological polar surface area (TPSA) is 71.3 Å². The molecule has 176 valence electrons. The van der Waals surface area contributed by atoms with Gasteiger partial charge >= 0.3 is 6.03 Å². The average molecular weight is 489 g/mol. The first-order chi connectivity index (χ1) is 16.8. The van der Waals surface area contributed by atoms with E-state index in [4.69, 9.17) is 16.1 Å². The van der Waals surface area contributed by atoms with Crippen molar-refractivity contribution in [3.63, 3.8) is 0 Å². The zero-order chi connectivity index (χ0) is 24.7. The predicted octanol–water partition coefficient (Wildman–Crippen LogP) is 6.85. The van der Waals surface area contributed by atoms with E-state index < -0.39 is 17.9 Å². The summed E-state index contributed by atoms with van der Waals surface area (Å²) >= 11 is 6.25. The van der Waals surface area contributed by atoms with Crippen LogP contribution in [0.2, 0.25) is 5.02 Å². The molecule has 1 N–H and O–H groups in total. The Labute approximate surface area is 207 Å². The van der Waals surface area contributed by atoms with Gasteiger partial charge in [0.2, 0.25) is 5.82 Å². The molecule has 6 nitrogen and oxygen atoms in total. The van der Waals surface area contributed by atoms with Crippen LogP contribution in [0.5, 0.6) is 0 Å². The van der Waals surface area contributed by atoms with Crippen molar-refractivity contribution in [2.24, 2.45) is 0 Å². The van der Waals surface area contributed by atoms with Gasteiger partial charge in [-0.3, -0.25) is 4.90 Å². The Bertz CT molecular complexity index is 1460. The molecule has 1 aliphatic rings. The van der Waals surface area contributed by atoms with E-state index in [0.717, 1.165) is 16.7 Å². The molecule has 1 aliphatic heterocycles. The summed E-state index contributed by atoms with van der Waals surface area (Å²) in [4.78, 5) is 19.3. The second kappa shape index (κ2) is 9.00. The average Bonchev–Trinajstić information content (AvgIpc) is 3.31. The third-order valence-corrected chi connectivity index (χ3v) is 6.28. The molecule has 0 saturated heterocycles. The van der Waals surface area contributed by atoms with Crippen LogP contribution < -0.4 is 10.2 Å². The number of nitrogens with one attached hydrogen (secondary N) is 1. The predicted molar refractivity (Wildman–Crippen MR) is 133 cm³/mol. The Morgan fingerprint density at radius 2 is 1.80 bits per heavy atom. The van der Waals surface area contributed by atoms with Gasteiger partial charge in [0, 0.05) is 16.3 Å². The van der Waals surface area contributed by atoms with Crippen molar-refractivity contribution in [2.45, 2.75) is 26.8 Å². The molecular formula is C27H22ClFN4O2. The Balaban J connectivity index is 1.66. The summed E-state index contributed by atoms with van der Waals surface area (Å²) in [5, 5.41) is 7.70. The van der Waals surface area contributed by atoms with Crippen molar-refractivity contribution in [3.8, 4) is 11.4 Å². The molecule has 1 atom stereocenters. The summed E-state index contributed by atoms with van der Waals surface area (Å²) < 4.78 is 20.1. The van der Waals surface area contributed by atoms with Gasteiger partial charge in [0.15, 0.2) is 0 Å². The largest absolute Gasteiger partial charge is 0.334 e. The molecule has 3 aromatic carbocycles. The lowest BCUT2D eigenvalue weighted by atomic mass is 9.94. The van der Waals surface area contributed by atoms with E-state index in [9.17, 15) is 9.18 Å². The van der Waals surface area contributed by atoms with Gasteiger partial charge < -0.3 is 9.84 Å².